The Kier molecular flexibility index (Phi) is 4.48. The van der Waals surface area contributed by atoms with Crippen LogP contribution in [-0.2, 0) is 16.1 Å². The highest BCUT2D eigenvalue weighted by Gasteiger charge is 2.34. The zero-order valence-electron chi connectivity index (χ0n) is 15.5. The highest BCUT2D eigenvalue weighted by Crippen LogP contribution is 2.33. The van der Waals surface area contributed by atoms with Crippen LogP contribution in [0.5, 0.6) is 11.5 Å². The lowest BCUT2D eigenvalue weighted by Gasteiger charge is -2.17. The number of carbonyl (C=O) groups is 2. The molecule has 1 atom stereocenters. The molecule has 1 fully saturated rings. The molecular formula is C21H22N2O4. The lowest BCUT2D eigenvalue weighted by atomic mass is 10.1. The van der Waals surface area contributed by atoms with E-state index in [1.807, 2.05) is 50.2 Å². The van der Waals surface area contributed by atoms with E-state index >= 15 is 0 Å². The van der Waals surface area contributed by atoms with Crippen molar-refractivity contribution in [2.24, 2.45) is 5.92 Å². The van der Waals surface area contributed by atoms with Gasteiger partial charge in [-0.05, 0) is 43.2 Å². The Morgan fingerprint density at radius 2 is 1.96 bits per heavy atom. The molecule has 2 heterocycles. The SMILES string of the molecule is Cc1ccc(NC(=O)C2CC(=O)N(Cc3ccc4c(c3)OCO4)C2)c(C)c1. The van der Waals surface area contributed by atoms with Gasteiger partial charge < -0.3 is 19.7 Å². The summed E-state index contributed by atoms with van der Waals surface area (Å²) in [6.07, 6.45) is 0.237. The second kappa shape index (κ2) is 6.95. The lowest BCUT2D eigenvalue weighted by Crippen LogP contribution is -2.28. The van der Waals surface area contributed by atoms with E-state index in [1.54, 1.807) is 4.90 Å². The average molecular weight is 366 g/mol. The first kappa shape index (κ1) is 17.4. The number of anilines is 1. The smallest absolute Gasteiger partial charge is 0.231 e. The van der Waals surface area contributed by atoms with Crippen LogP contribution in [0, 0.1) is 19.8 Å². The predicted molar refractivity (Wildman–Crippen MR) is 101 cm³/mol. The summed E-state index contributed by atoms with van der Waals surface area (Å²) in [5.74, 6) is 0.963. The predicted octanol–water partition coefficient (Wildman–Crippen LogP) is 3.02. The van der Waals surface area contributed by atoms with E-state index in [9.17, 15) is 9.59 Å². The fourth-order valence-electron chi connectivity index (χ4n) is 3.55. The van der Waals surface area contributed by atoms with Gasteiger partial charge in [0.05, 0.1) is 5.92 Å². The number of nitrogens with one attached hydrogen (secondary N) is 1. The highest BCUT2D eigenvalue weighted by molar-refractivity contribution is 5.97. The van der Waals surface area contributed by atoms with Gasteiger partial charge in [0.25, 0.3) is 0 Å². The molecule has 2 aliphatic heterocycles. The molecule has 2 amide bonds. The third-order valence-corrected chi connectivity index (χ3v) is 5.04. The first-order valence-corrected chi connectivity index (χ1v) is 9.04. The van der Waals surface area contributed by atoms with Gasteiger partial charge in [-0.1, -0.05) is 23.8 Å². The third kappa shape index (κ3) is 3.60. The number of carbonyl (C=O) groups excluding carboxylic acids is 2. The maximum absolute atomic E-state index is 12.6. The lowest BCUT2D eigenvalue weighted by molar-refractivity contribution is -0.128. The normalized spacial score (nSPS) is 18.1. The van der Waals surface area contributed by atoms with Crippen molar-refractivity contribution in [2.45, 2.75) is 26.8 Å². The van der Waals surface area contributed by atoms with E-state index in [0.717, 1.165) is 28.1 Å². The van der Waals surface area contributed by atoms with Crippen molar-refractivity contribution in [3.8, 4) is 11.5 Å². The molecule has 27 heavy (non-hydrogen) atoms. The third-order valence-electron chi connectivity index (χ3n) is 5.04. The molecule has 0 saturated carbocycles. The van der Waals surface area contributed by atoms with Gasteiger partial charge in [0, 0.05) is 25.2 Å². The molecule has 0 radical (unpaired) electrons. The Labute approximate surface area is 158 Å². The molecule has 0 aromatic heterocycles. The number of likely N-dealkylation sites (tertiary alicyclic amines) is 1. The highest BCUT2D eigenvalue weighted by atomic mass is 16.7. The minimum absolute atomic E-state index is 0.00607. The van der Waals surface area contributed by atoms with Crippen LogP contribution in [0.3, 0.4) is 0 Å². The molecule has 2 aromatic carbocycles. The zero-order chi connectivity index (χ0) is 19.0. The summed E-state index contributed by atoms with van der Waals surface area (Å²) >= 11 is 0. The summed E-state index contributed by atoms with van der Waals surface area (Å²) in [4.78, 5) is 26.7. The van der Waals surface area contributed by atoms with Crippen LogP contribution in [0.2, 0.25) is 0 Å². The fraction of sp³-hybridized carbons (Fsp3) is 0.333. The van der Waals surface area contributed by atoms with E-state index in [4.69, 9.17) is 9.47 Å². The Morgan fingerprint density at radius 3 is 2.78 bits per heavy atom. The molecule has 0 bridgehead atoms. The van der Waals surface area contributed by atoms with Crippen molar-refractivity contribution in [3.63, 3.8) is 0 Å². The molecule has 1 N–H and O–H groups in total. The molecule has 6 nitrogen and oxygen atoms in total. The van der Waals surface area contributed by atoms with Gasteiger partial charge in [0.15, 0.2) is 11.5 Å². The molecule has 1 saturated heterocycles. The van der Waals surface area contributed by atoms with Crippen LogP contribution < -0.4 is 14.8 Å². The van der Waals surface area contributed by atoms with Crippen molar-refractivity contribution in [2.75, 3.05) is 18.7 Å². The van der Waals surface area contributed by atoms with Crippen molar-refractivity contribution in [1.82, 2.24) is 4.90 Å². The molecule has 4 rings (SSSR count). The number of hydrogen-bond donors (Lipinski definition) is 1. The molecule has 1 unspecified atom stereocenters. The Hall–Kier alpha value is -3.02. The molecule has 6 heteroatoms. The van der Waals surface area contributed by atoms with E-state index < -0.39 is 0 Å². The quantitative estimate of drug-likeness (QED) is 0.903. The number of amides is 2. The number of ether oxygens (including phenoxy) is 2. The fourth-order valence-corrected chi connectivity index (χ4v) is 3.55. The second-order valence-electron chi connectivity index (χ2n) is 7.17. The number of fused-ring (bicyclic) bond motifs is 1. The van der Waals surface area contributed by atoms with Crippen LogP contribution in [0.4, 0.5) is 5.69 Å². The molecule has 2 aromatic rings. The molecular weight excluding hydrogens is 344 g/mol. The summed E-state index contributed by atoms with van der Waals surface area (Å²) in [6, 6.07) is 11.6. The topological polar surface area (TPSA) is 67.9 Å². The van der Waals surface area contributed by atoms with Crippen molar-refractivity contribution >= 4 is 17.5 Å². The van der Waals surface area contributed by atoms with Crippen molar-refractivity contribution in [3.05, 3.63) is 53.1 Å². The first-order valence-electron chi connectivity index (χ1n) is 9.04. The standard InChI is InChI=1S/C21H22N2O4/c1-13-3-5-17(14(2)7-13)22-21(25)16-9-20(24)23(11-16)10-15-4-6-18-19(8-15)27-12-26-18/h3-8,16H,9-12H2,1-2H3,(H,22,25). The number of benzene rings is 2. The van der Waals surface area contributed by atoms with Crippen LogP contribution >= 0.6 is 0 Å². The van der Waals surface area contributed by atoms with Gasteiger partial charge >= 0.3 is 0 Å². The largest absolute Gasteiger partial charge is 0.454 e. The maximum Gasteiger partial charge on any atom is 0.231 e. The second-order valence-corrected chi connectivity index (χ2v) is 7.17. The van der Waals surface area contributed by atoms with E-state index in [2.05, 4.69) is 5.32 Å². The van der Waals surface area contributed by atoms with E-state index in [0.29, 0.717) is 18.8 Å². The molecule has 0 aliphatic carbocycles. The summed E-state index contributed by atoms with van der Waals surface area (Å²) in [7, 11) is 0. The average Bonchev–Trinajstić information content (AvgIpc) is 3.24. The summed E-state index contributed by atoms with van der Waals surface area (Å²) in [5.41, 5.74) is 3.93. The van der Waals surface area contributed by atoms with Gasteiger partial charge in [-0.15, -0.1) is 0 Å². The monoisotopic (exact) mass is 366 g/mol. The van der Waals surface area contributed by atoms with Gasteiger partial charge in [-0.2, -0.15) is 0 Å². The van der Waals surface area contributed by atoms with E-state index in [-0.39, 0.29) is 30.9 Å². The van der Waals surface area contributed by atoms with Gasteiger partial charge in [-0.3, -0.25) is 9.59 Å². The zero-order valence-corrected chi connectivity index (χ0v) is 15.5. The van der Waals surface area contributed by atoms with Crippen LogP contribution in [0.1, 0.15) is 23.1 Å². The minimum atomic E-state index is -0.341. The summed E-state index contributed by atoms with van der Waals surface area (Å²) < 4.78 is 10.7. The van der Waals surface area contributed by atoms with Crippen LogP contribution in [0.15, 0.2) is 36.4 Å². The maximum atomic E-state index is 12.6. The summed E-state index contributed by atoms with van der Waals surface area (Å²) in [5, 5.41) is 2.96. The van der Waals surface area contributed by atoms with Crippen molar-refractivity contribution in [1.29, 1.82) is 0 Å². The Balaban J connectivity index is 1.40. The minimum Gasteiger partial charge on any atom is -0.454 e. The molecule has 0 spiro atoms. The van der Waals surface area contributed by atoms with Crippen LogP contribution in [0.25, 0.3) is 0 Å². The van der Waals surface area contributed by atoms with Crippen LogP contribution in [-0.4, -0.2) is 30.1 Å². The van der Waals surface area contributed by atoms with Crippen molar-refractivity contribution < 1.29 is 19.1 Å². The number of aryl methyl sites for hydroxylation is 2. The molecule has 140 valence electrons. The number of hydrogen-bond acceptors (Lipinski definition) is 4. The molecule has 2 aliphatic rings. The van der Waals surface area contributed by atoms with Gasteiger partial charge in [-0.25, -0.2) is 0 Å². The summed E-state index contributed by atoms with van der Waals surface area (Å²) in [6.45, 7) is 5.09. The van der Waals surface area contributed by atoms with E-state index in [1.165, 1.54) is 0 Å². The van der Waals surface area contributed by atoms with Gasteiger partial charge in [0.2, 0.25) is 18.6 Å². The number of rotatable bonds is 4. The van der Waals surface area contributed by atoms with Gasteiger partial charge in [0.1, 0.15) is 0 Å². The first-order chi connectivity index (χ1) is 13.0. The Bertz CT molecular complexity index is 909. The Morgan fingerprint density at radius 1 is 1.15 bits per heavy atom. The number of nitrogens with zero attached hydrogens (tertiary/aromatic N) is 1.